The minimum Gasteiger partial charge on any atom is -0.376 e. The van der Waals surface area contributed by atoms with Gasteiger partial charge in [-0.2, -0.15) is 0 Å². The predicted molar refractivity (Wildman–Crippen MR) is 76.2 cm³/mol. The summed E-state index contributed by atoms with van der Waals surface area (Å²) in [4.78, 5) is 26.3. The SMILES string of the molecule is CC(C)CC1C(=O)NC(C)C(=O)N1CC1CCCCO1. The minimum atomic E-state index is -0.422. The molecule has 2 heterocycles. The van der Waals surface area contributed by atoms with Gasteiger partial charge in [-0.1, -0.05) is 13.8 Å². The summed E-state index contributed by atoms with van der Waals surface area (Å²) in [6.07, 6.45) is 4.01. The Bertz CT molecular complexity index is 364. The summed E-state index contributed by atoms with van der Waals surface area (Å²) in [5.74, 6) is 0.368. The number of rotatable bonds is 4. The molecule has 2 aliphatic rings. The lowest BCUT2D eigenvalue weighted by molar-refractivity contribution is -0.152. The summed E-state index contributed by atoms with van der Waals surface area (Å²) >= 11 is 0. The molecule has 2 rings (SSSR count). The van der Waals surface area contributed by atoms with E-state index in [1.165, 1.54) is 0 Å². The van der Waals surface area contributed by atoms with E-state index in [1.54, 1.807) is 11.8 Å². The zero-order chi connectivity index (χ0) is 14.7. The molecule has 5 heteroatoms. The van der Waals surface area contributed by atoms with Gasteiger partial charge < -0.3 is 15.0 Å². The van der Waals surface area contributed by atoms with Crippen LogP contribution >= 0.6 is 0 Å². The molecule has 3 unspecified atom stereocenters. The van der Waals surface area contributed by atoms with Crippen molar-refractivity contribution in [1.82, 2.24) is 10.2 Å². The standard InChI is InChI=1S/C15H26N2O3/c1-10(2)8-13-14(18)16-11(3)15(19)17(13)9-12-6-4-5-7-20-12/h10-13H,4-9H2,1-3H3,(H,16,18). The quantitative estimate of drug-likeness (QED) is 0.846. The van der Waals surface area contributed by atoms with Crippen molar-refractivity contribution in [1.29, 1.82) is 0 Å². The lowest BCUT2D eigenvalue weighted by atomic mass is 9.97. The zero-order valence-corrected chi connectivity index (χ0v) is 12.7. The largest absolute Gasteiger partial charge is 0.376 e. The summed E-state index contributed by atoms with van der Waals surface area (Å²) in [5.41, 5.74) is 0. The van der Waals surface area contributed by atoms with Crippen LogP contribution in [0.2, 0.25) is 0 Å². The summed E-state index contributed by atoms with van der Waals surface area (Å²) < 4.78 is 5.73. The predicted octanol–water partition coefficient (Wildman–Crippen LogP) is 1.32. The first-order valence-corrected chi connectivity index (χ1v) is 7.71. The second-order valence-corrected chi connectivity index (χ2v) is 6.35. The van der Waals surface area contributed by atoms with Crippen molar-refractivity contribution >= 4 is 11.8 Å². The van der Waals surface area contributed by atoms with Gasteiger partial charge in [0, 0.05) is 13.2 Å². The van der Waals surface area contributed by atoms with Crippen LogP contribution < -0.4 is 5.32 Å². The van der Waals surface area contributed by atoms with Crippen LogP contribution in [0, 0.1) is 5.92 Å². The van der Waals surface area contributed by atoms with Crippen LogP contribution in [0.15, 0.2) is 0 Å². The van der Waals surface area contributed by atoms with E-state index >= 15 is 0 Å². The molecule has 2 fully saturated rings. The van der Waals surface area contributed by atoms with Crippen LogP contribution in [0.25, 0.3) is 0 Å². The first-order valence-electron chi connectivity index (χ1n) is 7.71. The number of hydrogen-bond donors (Lipinski definition) is 1. The molecule has 0 bridgehead atoms. The number of amides is 2. The van der Waals surface area contributed by atoms with E-state index in [0.29, 0.717) is 18.9 Å². The maximum atomic E-state index is 12.4. The fraction of sp³-hybridized carbons (Fsp3) is 0.867. The Kier molecular flexibility index (Phi) is 5.02. The Hall–Kier alpha value is -1.10. The van der Waals surface area contributed by atoms with Crippen LogP contribution in [0.4, 0.5) is 0 Å². The van der Waals surface area contributed by atoms with E-state index in [-0.39, 0.29) is 24.0 Å². The van der Waals surface area contributed by atoms with E-state index in [1.807, 2.05) is 0 Å². The Morgan fingerprint density at radius 3 is 2.70 bits per heavy atom. The molecule has 3 atom stereocenters. The van der Waals surface area contributed by atoms with Gasteiger partial charge in [0.1, 0.15) is 12.1 Å². The van der Waals surface area contributed by atoms with E-state index in [9.17, 15) is 9.59 Å². The molecular formula is C15H26N2O3. The highest BCUT2D eigenvalue weighted by molar-refractivity contribution is 5.96. The first-order chi connectivity index (χ1) is 9.49. The van der Waals surface area contributed by atoms with Gasteiger partial charge >= 0.3 is 0 Å². The van der Waals surface area contributed by atoms with Gasteiger partial charge in [-0.15, -0.1) is 0 Å². The number of hydrogen-bond acceptors (Lipinski definition) is 3. The van der Waals surface area contributed by atoms with E-state index in [4.69, 9.17) is 4.74 Å². The van der Waals surface area contributed by atoms with Crippen LogP contribution in [0.3, 0.4) is 0 Å². The smallest absolute Gasteiger partial charge is 0.245 e. The van der Waals surface area contributed by atoms with Gasteiger partial charge in [0.15, 0.2) is 0 Å². The topological polar surface area (TPSA) is 58.6 Å². The highest BCUT2D eigenvalue weighted by atomic mass is 16.5. The van der Waals surface area contributed by atoms with Crippen LogP contribution in [-0.4, -0.2) is 48.1 Å². The Balaban J connectivity index is 2.08. The number of nitrogens with one attached hydrogen (secondary N) is 1. The lowest BCUT2D eigenvalue weighted by Gasteiger charge is -2.40. The van der Waals surface area contributed by atoms with Crippen LogP contribution in [0.1, 0.15) is 46.5 Å². The molecule has 20 heavy (non-hydrogen) atoms. The number of nitrogens with zero attached hydrogens (tertiary/aromatic N) is 1. The van der Waals surface area contributed by atoms with Crippen molar-refractivity contribution in [3.8, 4) is 0 Å². The molecule has 0 aromatic rings. The molecule has 2 amide bonds. The Morgan fingerprint density at radius 1 is 1.35 bits per heavy atom. The van der Waals surface area contributed by atoms with Crippen molar-refractivity contribution in [2.75, 3.05) is 13.2 Å². The van der Waals surface area contributed by atoms with Crippen molar-refractivity contribution in [2.24, 2.45) is 5.92 Å². The van der Waals surface area contributed by atoms with Crippen molar-refractivity contribution in [3.05, 3.63) is 0 Å². The normalized spacial score (nSPS) is 31.6. The summed E-state index contributed by atoms with van der Waals surface area (Å²) in [6.45, 7) is 7.22. The maximum Gasteiger partial charge on any atom is 0.245 e. The molecule has 2 saturated heterocycles. The van der Waals surface area contributed by atoms with Crippen LogP contribution in [0.5, 0.6) is 0 Å². The third-order valence-electron chi connectivity index (χ3n) is 4.06. The molecule has 0 aromatic heterocycles. The van der Waals surface area contributed by atoms with E-state index in [2.05, 4.69) is 19.2 Å². The number of carbonyl (C=O) groups is 2. The van der Waals surface area contributed by atoms with Gasteiger partial charge in [-0.25, -0.2) is 0 Å². The highest BCUT2D eigenvalue weighted by Gasteiger charge is 2.39. The summed E-state index contributed by atoms with van der Waals surface area (Å²) in [6, 6.07) is -0.765. The molecule has 0 spiro atoms. The maximum absolute atomic E-state index is 12.4. The molecule has 0 aromatic carbocycles. The first kappa shape index (κ1) is 15.3. The van der Waals surface area contributed by atoms with E-state index < -0.39 is 6.04 Å². The molecule has 5 nitrogen and oxygen atoms in total. The molecule has 1 N–H and O–H groups in total. The average molecular weight is 282 g/mol. The van der Waals surface area contributed by atoms with Crippen molar-refractivity contribution in [3.63, 3.8) is 0 Å². The molecule has 114 valence electrons. The van der Waals surface area contributed by atoms with Gasteiger partial charge in [0.25, 0.3) is 0 Å². The van der Waals surface area contributed by atoms with Crippen LogP contribution in [-0.2, 0) is 14.3 Å². The Labute approximate surface area is 121 Å². The zero-order valence-electron chi connectivity index (χ0n) is 12.7. The number of ether oxygens (including phenoxy) is 1. The minimum absolute atomic E-state index is 0.0180. The fourth-order valence-electron chi connectivity index (χ4n) is 2.98. The summed E-state index contributed by atoms with van der Waals surface area (Å²) in [5, 5.41) is 2.78. The van der Waals surface area contributed by atoms with Gasteiger partial charge in [-0.05, 0) is 38.5 Å². The molecule has 0 radical (unpaired) electrons. The van der Waals surface area contributed by atoms with Gasteiger partial charge in [0.2, 0.25) is 11.8 Å². The monoisotopic (exact) mass is 282 g/mol. The van der Waals surface area contributed by atoms with Gasteiger partial charge in [-0.3, -0.25) is 9.59 Å². The highest BCUT2D eigenvalue weighted by Crippen LogP contribution is 2.21. The molecular weight excluding hydrogens is 256 g/mol. The molecule has 0 aliphatic carbocycles. The Morgan fingerprint density at radius 2 is 2.10 bits per heavy atom. The van der Waals surface area contributed by atoms with E-state index in [0.717, 1.165) is 25.9 Å². The second-order valence-electron chi connectivity index (χ2n) is 6.35. The molecule has 2 aliphatic heterocycles. The number of carbonyl (C=O) groups excluding carboxylic acids is 2. The summed E-state index contributed by atoms with van der Waals surface area (Å²) in [7, 11) is 0. The van der Waals surface area contributed by atoms with Crippen molar-refractivity contribution in [2.45, 2.75) is 64.6 Å². The second kappa shape index (κ2) is 6.57. The fourth-order valence-corrected chi connectivity index (χ4v) is 2.98. The third-order valence-corrected chi connectivity index (χ3v) is 4.06. The third kappa shape index (κ3) is 3.51. The van der Waals surface area contributed by atoms with Gasteiger partial charge in [0.05, 0.1) is 6.10 Å². The average Bonchev–Trinajstić information content (AvgIpc) is 2.41. The van der Waals surface area contributed by atoms with Crippen molar-refractivity contribution < 1.29 is 14.3 Å². The number of piperazine rings is 1. The lowest BCUT2D eigenvalue weighted by Crippen LogP contribution is -2.64. The molecule has 0 saturated carbocycles.